The van der Waals surface area contributed by atoms with Crippen LogP contribution in [0.5, 0.6) is 0 Å². The minimum absolute atomic E-state index is 0.0234. The number of hydrogen-bond donors (Lipinski definition) is 1. The lowest BCUT2D eigenvalue weighted by Crippen LogP contribution is -2.30. The lowest BCUT2D eigenvalue weighted by Gasteiger charge is -2.13. The lowest BCUT2D eigenvalue weighted by atomic mass is 10.1. The van der Waals surface area contributed by atoms with E-state index in [9.17, 15) is 29.1 Å². The van der Waals surface area contributed by atoms with Crippen LogP contribution in [-0.2, 0) is 28.7 Å². The fraction of sp³-hybridized carbons (Fsp3) is 0.522. The first-order chi connectivity index (χ1) is 15.3. The Morgan fingerprint density at radius 2 is 1.19 bits per heavy atom. The number of imide groups is 2. The van der Waals surface area contributed by atoms with Crippen molar-refractivity contribution in [2.24, 2.45) is 0 Å². The number of carbonyl (C=O) groups excluding carboxylic acids is 5. The van der Waals surface area contributed by atoms with E-state index < -0.39 is 0 Å². The van der Waals surface area contributed by atoms with Crippen LogP contribution in [0, 0.1) is 0 Å². The summed E-state index contributed by atoms with van der Waals surface area (Å²) in [5.74, 6) is -1.35. The molecular weight excluding hydrogens is 416 g/mol. The molecule has 0 radical (unpaired) electrons. The number of ether oxygens (including phenoxy) is 1. The zero-order chi connectivity index (χ0) is 23.5. The van der Waals surface area contributed by atoms with E-state index in [1.165, 1.54) is 34.1 Å². The Morgan fingerprint density at radius 3 is 1.66 bits per heavy atom. The molecule has 0 fully saturated rings. The average molecular weight is 447 g/mol. The first-order valence-corrected chi connectivity index (χ1v) is 10.9. The number of nitrogens with zero attached hydrogens (tertiary/aromatic N) is 2. The van der Waals surface area contributed by atoms with Gasteiger partial charge in [-0.3, -0.25) is 33.8 Å². The second kappa shape index (κ2) is 12.6. The highest BCUT2D eigenvalue weighted by Gasteiger charge is 2.23. The number of carbonyl (C=O) groups is 5. The third-order valence-corrected chi connectivity index (χ3v) is 5.30. The van der Waals surface area contributed by atoms with Crippen molar-refractivity contribution in [3.8, 4) is 0 Å². The maximum Gasteiger partial charge on any atom is 0.306 e. The van der Waals surface area contributed by atoms with E-state index in [0.717, 1.165) is 6.42 Å². The maximum atomic E-state index is 11.9. The predicted octanol–water partition coefficient (Wildman–Crippen LogP) is 2.33. The summed E-state index contributed by atoms with van der Waals surface area (Å²) in [7, 11) is 0. The van der Waals surface area contributed by atoms with Crippen LogP contribution in [0.3, 0.4) is 0 Å². The number of amides is 4. The number of hydrogen-bond acceptors (Lipinski definition) is 7. The molecule has 0 aliphatic carbocycles. The SMILES string of the molecule is CC(COC(=O)CCCCCN1C(=O)C=CC1=O)=C(O)CCCCCN1C(=O)C=CC1=O. The van der Waals surface area contributed by atoms with Crippen LogP contribution in [0.4, 0.5) is 0 Å². The van der Waals surface area contributed by atoms with Gasteiger partial charge in [0.15, 0.2) is 0 Å². The Labute approximate surface area is 187 Å². The highest BCUT2D eigenvalue weighted by atomic mass is 16.5. The molecule has 1 N–H and O–H groups in total. The van der Waals surface area contributed by atoms with E-state index in [1.807, 2.05) is 0 Å². The molecule has 0 saturated heterocycles. The van der Waals surface area contributed by atoms with Crippen LogP contribution in [0.2, 0.25) is 0 Å². The Bertz CT molecular complexity index is 805. The summed E-state index contributed by atoms with van der Waals surface area (Å²) >= 11 is 0. The molecule has 0 bridgehead atoms. The Morgan fingerprint density at radius 1 is 0.750 bits per heavy atom. The molecular formula is C23H30N2O7. The molecule has 2 heterocycles. The molecule has 9 heteroatoms. The van der Waals surface area contributed by atoms with E-state index in [4.69, 9.17) is 4.74 Å². The Hall–Kier alpha value is -3.23. The van der Waals surface area contributed by atoms with Gasteiger partial charge in [0.05, 0.1) is 5.76 Å². The van der Waals surface area contributed by atoms with Crippen molar-refractivity contribution >= 4 is 29.6 Å². The molecule has 2 aliphatic heterocycles. The average Bonchev–Trinajstić information content (AvgIpc) is 3.26. The second-order valence-corrected chi connectivity index (χ2v) is 7.83. The van der Waals surface area contributed by atoms with Crippen LogP contribution in [0.25, 0.3) is 0 Å². The van der Waals surface area contributed by atoms with Gasteiger partial charge in [-0.15, -0.1) is 0 Å². The third kappa shape index (κ3) is 7.79. The molecule has 0 atom stereocenters. The van der Waals surface area contributed by atoms with Gasteiger partial charge in [0.1, 0.15) is 6.61 Å². The molecule has 0 aromatic carbocycles. The minimum atomic E-state index is -0.360. The fourth-order valence-electron chi connectivity index (χ4n) is 3.32. The fourth-order valence-corrected chi connectivity index (χ4v) is 3.32. The number of unbranched alkanes of at least 4 members (excludes halogenated alkanes) is 4. The van der Waals surface area contributed by atoms with E-state index in [-0.39, 0.29) is 48.4 Å². The summed E-state index contributed by atoms with van der Waals surface area (Å²) in [6.45, 7) is 2.44. The molecule has 174 valence electrons. The molecule has 0 unspecified atom stereocenters. The third-order valence-electron chi connectivity index (χ3n) is 5.30. The van der Waals surface area contributed by atoms with Gasteiger partial charge < -0.3 is 9.84 Å². The van der Waals surface area contributed by atoms with Gasteiger partial charge in [0.25, 0.3) is 23.6 Å². The van der Waals surface area contributed by atoms with Gasteiger partial charge in [-0.25, -0.2) is 0 Å². The van der Waals surface area contributed by atoms with E-state index in [1.54, 1.807) is 6.92 Å². The van der Waals surface area contributed by atoms with E-state index in [2.05, 4.69) is 0 Å². The molecule has 0 aromatic heterocycles. The molecule has 4 amide bonds. The van der Waals surface area contributed by atoms with Crippen LogP contribution < -0.4 is 0 Å². The monoisotopic (exact) mass is 446 g/mol. The van der Waals surface area contributed by atoms with Gasteiger partial charge in [-0.05, 0) is 32.6 Å². The van der Waals surface area contributed by atoms with Crippen molar-refractivity contribution in [1.29, 1.82) is 0 Å². The van der Waals surface area contributed by atoms with E-state index in [0.29, 0.717) is 57.2 Å². The Balaban J connectivity index is 1.51. The zero-order valence-electron chi connectivity index (χ0n) is 18.4. The Kier molecular flexibility index (Phi) is 9.84. The summed E-state index contributed by atoms with van der Waals surface area (Å²) < 4.78 is 5.18. The molecule has 2 rings (SSSR count). The van der Waals surface area contributed by atoms with E-state index >= 15 is 0 Å². The molecule has 0 spiro atoms. The van der Waals surface area contributed by atoms with Gasteiger partial charge in [-0.2, -0.15) is 0 Å². The van der Waals surface area contributed by atoms with Crippen molar-refractivity contribution in [2.75, 3.05) is 19.7 Å². The standard InChI is InChI=1S/C23H30N2O7/c1-17(18(26)8-4-2-6-14-24-19(27)10-11-20(24)28)16-32-23(31)9-5-3-7-15-25-21(29)12-13-22(25)30/h10-13,26H,2-9,14-16H2,1H3. The minimum Gasteiger partial charge on any atom is -0.512 e. The summed E-state index contributed by atoms with van der Waals surface area (Å²) in [4.78, 5) is 60.0. The summed E-state index contributed by atoms with van der Waals surface area (Å²) in [5.41, 5.74) is 0.589. The quantitative estimate of drug-likeness (QED) is 0.188. The first-order valence-electron chi connectivity index (χ1n) is 10.9. The number of aliphatic hydroxyl groups excluding tert-OH is 1. The van der Waals surface area contributed by atoms with Crippen LogP contribution in [-0.4, -0.2) is 64.2 Å². The smallest absolute Gasteiger partial charge is 0.306 e. The van der Waals surface area contributed by atoms with Crippen molar-refractivity contribution in [1.82, 2.24) is 9.80 Å². The molecule has 9 nitrogen and oxygen atoms in total. The van der Waals surface area contributed by atoms with Gasteiger partial charge >= 0.3 is 5.97 Å². The normalized spacial score (nSPS) is 16.4. The van der Waals surface area contributed by atoms with Crippen LogP contribution in [0.15, 0.2) is 35.6 Å². The first kappa shape index (κ1) is 25.0. The highest BCUT2D eigenvalue weighted by Crippen LogP contribution is 2.14. The summed E-state index contributed by atoms with van der Waals surface area (Å²) in [6, 6.07) is 0. The van der Waals surface area contributed by atoms with Crippen molar-refractivity contribution < 1.29 is 33.8 Å². The molecule has 0 saturated carbocycles. The number of rotatable bonds is 14. The number of esters is 1. The summed E-state index contributed by atoms with van der Waals surface area (Å²) in [6.07, 6.45) is 9.71. The maximum absolute atomic E-state index is 11.9. The van der Waals surface area contributed by atoms with Gasteiger partial charge in [-0.1, -0.05) is 12.8 Å². The second-order valence-electron chi connectivity index (χ2n) is 7.83. The molecule has 2 aliphatic rings. The number of aliphatic hydroxyl groups is 1. The highest BCUT2D eigenvalue weighted by molar-refractivity contribution is 6.13. The molecule has 0 aromatic rings. The largest absolute Gasteiger partial charge is 0.512 e. The van der Waals surface area contributed by atoms with Crippen molar-refractivity contribution in [3.63, 3.8) is 0 Å². The number of allylic oxidation sites excluding steroid dienone is 1. The lowest BCUT2D eigenvalue weighted by molar-refractivity contribution is -0.143. The van der Waals surface area contributed by atoms with Crippen LogP contribution >= 0.6 is 0 Å². The van der Waals surface area contributed by atoms with Gasteiger partial charge in [0.2, 0.25) is 0 Å². The molecule has 32 heavy (non-hydrogen) atoms. The van der Waals surface area contributed by atoms with Crippen molar-refractivity contribution in [2.45, 2.75) is 58.3 Å². The van der Waals surface area contributed by atoms with Crippen molar-refractivity contribution in [3.05, 3.63) is 35.6 Å². The predicted molar refractivity (Wildman–Crippen MR) is 115 cm³/mol. The van der Waals surface area contributed by atoms with Crippen LogP contribution in [0.1, 0.15) is 58.3 Å². The van der Waals surface area contributed by atoms with Gasteiger partial charge in [0, 0.05) is 55.8 Å². The zero-order valence-corrected chi connectivity index (χ0v) is 18.4. The summed E-state index contributed by atoms with van der Waals surface area (Å²) in [5, 5.41) is 10.1. The topological polar surface area (TPSA) is 121 Å².